The minimum Gasteiger partial charge on any atom is -0.399 e. The molecule has 1 aliphatic heterocycles. The van der Waals surface area contributed by atoms with Crippen LogP contribution in [0.2, 0.25) is 0 Å². The van der Waals surface area contributed by atoms with Gasteiger partial charge in [0.15, 0.2) is 0 Å². The topological polar surface area (TPSA) is 59.4 Å². The van der Waals surface area contributed by atoms with Gasteiger partial charge in [-0.05, 0) is 86.0 Å². The number of piperidine rings is 1. The first-order chi connectivity index (χ1) is 17.4. The minimum absolute atomic E-state index is 0.513. The molecule has 1 saturated carbocycles. The molecule has 1 saturated heterocycles. The van der Waals surface area contributed by atoms with Crippen LogP contribution in [0.4, 0.5) is 0 Å². The molecule has 0 radical (unpaired) electrons. The molecule has 0 amide bonds. The van der Waals surface area contributed by atoms with Gasteiger partial charge in [0.2, 0.25) is 0 Å². The van der Waals surface area contributed by atoms with Crippen molar-refractivity contribution < 1.29 is 0 Å². The SMILES string of the molecule is C=C(N)C1=C(/C=C\C)C(CCC(=C)c2cnn(CC(/C=N\C(=C)N3CC4CC4C3)=C/C)c2)CC1.CC. The number of nitrogens with zero attached hydrogens (tertiary/aromatic N) is 4. The Hall–Kier alpha value is -3.08. The number of aromatic nitrogens is 2. The van der Waals surface area contributed by atoms with Gasteiger partial charge in [-0.1, -0.05) is 51.8 Å². The first kappa shape index (κ1) is 27.5. The number of aliphatic imine (C=N–C) groups is 1. The minimum atomic E-state index is 0.513. The molecule has 36 heavy (non-hydrogen) atoms. The van der Waals surface area contributed by atoms with Crippen LogP contribution in [0.15, 0.2) is 83.6 Å². The molecule has 1 aromatic heterocycles. The Bertz CT molecular complexity index is 1070. The van der Waals surface area contributed by atoms with Crippen LogP contribution in [0.5, 0.6) is 0 Å². The molecule has 0 spiro atoms. The van der Waals surface area contributed by atoms with Crippen molar-refractivity contribution in [2.75, 3.05) is 13.1 Å². The Kier molecular flexibility index (Phi) is 9.74. The number of likely N-dealkylation sites (tertiary alicyclic amines) is 1. The number of nitrogens with two attached hydrogens (primary N) is 1. The average molecular weight is 488 g/mol. The van der Waals surface area contributed by atoms with Crippen molar-refractivity contribution in [3.63, 3.8) is 0 Å². The zero-order chi connectivity index (χ0) is 26.2. The highest BCUT2D eigenvalue weighted by Crippen LogP contribution is 2.46. The molecule has 2 N–H and O–H groups in total. The normalized spacial score (nSPS) is 23.3. The summed E-state index contributed by atoms with van der Waals surface area (Å²) in [4.78, 5) is 6.95. The van der Waals surface area contributed by atoms with Gasteiger partial charge in [-0.2, -0.15) is 5.10 Å². The third kappa shape index (κ3) is 6.77. The zero-order valence-corrected chi connectivity index (χ0v) is 22.8. The summed E-state index contributed by atoms with van der Waals surface area (Å²) in [5.74, 6) is 3.15. The van der Waals surface area contributed by atoms with Gasteiger partial charge in [0.05, 0.1) is 12.7 Å². The van der Waals surface area contributed by atoms with Crippen LogP contribution in [-0.2, 0) is 6.54 Å². The molecule has 0 aromatic carbocycles. The standard InChI is InChI=1S/C29H39N5.C2H6/c1-6-8-29-24(11-12-28(29)21(4)30)10-9-20(3)27-15-32-34(19-27)16-23(7-2)14-31-22(5)33-17-25-13-26(25)18-33;1-2/h6-8,14-15,19,24-26H,3-5,9-13,16-18,30H2,1-2H3;1-2H3/b8-6-,23-7+,31-14-;. The lowest BCUT2D eigenvalue weighted by Crippen LogP contribution is -2.20. The summed E-state index contributed by atoms with van der Waals surface area (Å²) in [6, 6.07) is 0. The summed E-state index contributed by atoms with van der Waals surface area (Å²) < 4.78 is 1.97. The number of fused-ring (bicyclic) bond motifs is 1. The van der Waals surface area contributed by atoms with Gasteiger partial charge in [-0.25, -0.2) is 4.99 Å². The molecule has 5 heteroatoms. The quantitative estimate of drug-likeness (QED) is 0.345. The summed E-state index contributed by atoms with van der Waals surface area (Å²) >= 11 is 0. The summed E-state index contributed by atoms with van der Waals surface area (Å²) in [6.45, 7) is 23.5. The maximum atomic E-state index is 6.02. The van der Waals surface area contributed by atoms with Crippen LogP contribution in [0.1, 0.15) is 65.4 Å². The fourth-order valence-electron chi connectivity index (χ4n) is 5.29. The third-order valence-corrected chi connectivity index (χ3v) is 7.54. The molecule has 3 aliphatic rings. The maximum Gasteiger partial charge on any atom is 0.121 e. The van der Waals surface area contributed by atoms with Gasteiger partial charge in [-0.3, -0.25) is 4.68 Å². The molecule has 5 nitrogen and oxygen atoms in total. The largest absolute Gasteiger partial charge is 0.399 e. The zero-order valence-electron chi connectivity index (χ0n) is 22.8. The van der Waals surface area contributed by atoms with E-state index in [2.05, 4.69) is 66.1 Å². The van der Waals surface area contributed by atoms with Crippen molar-refractivity contribution in [3.05, 3.63) is 84.2 Å². The Morgan fingerprint density at radius 1 is 1.19 bits per heavy atom. The first-order valence-electron chi connectivity index (χ1n) is 13.5. The van der Waals surface area contributed by atoms with Gasteiger partial charge in [0.25, 0.3) is 0 Å². The molecule has 4 rings (SSSR count). The molecule has 2 heterocycles. The summed E-state index contributed by atoms with van der Waals surface area (Å²) in [5.41, 5.74) is 12.7. The van der Waals surface area contributed by atoms with E-state index in [-0.39, 0.29) is 0 Å². The summed E-state index contributed by atoms with van der Waals surface area (Å²) in [7, 11) is 0. The van der Waals surface area contributed by atoms with Crippen LogP contribution in [0.25, 0.3) is 5.57 Å². The van der Waals surface area contributed by atoms with Crippen molar-refractivity contribution in [2.45, 2.75) is 66.3 Å². The average Bonchev–Trinajstić information content (AvgIpc) is 3.25. The van der Waals surface area contributed by atoms with E-state index in [0.717, 1.165) is 73.1 Å². The fraction of sp³-hybridized carbons (Fsp3) is 0.484. The van der Waals surface area contributed by atoms with Gasteiger partial charge in [0, 0.05) is 36.8 Å². The highest BCUT2D eigenvalue weighted by atomic mass is 15.3. The Balaban J connectivity index is 0.00000176. The molecular weight excluding hydrogens is 442 g/mol. The Labute approximate surface area is 218 Å². The number of hydrogen-bond donors (Lipinski definition) is 1. The van der Waals surface area contributed by atoms with Crippen molar-refractivity contribution in [3.8, 4) is 0 Å². The summed E-state index contributed by atoms with van der Waals surface area (Å²) in [5, 5.41) is 4.58. The predicted molar refractivity (Wildman–Crippen MR) is 154 cm³/mol. The molecule has 0 bridgehead atoms. The van der Waals surface area contributed by atoms with Crippen LogP contribution < -0.4 is 5.73 Å². The van der Waals surface area contributed by atoms with Crippen molar-refractivity contribution in [1.82, 2.24) is 14.7 Å². The van der Waals surface area contributed by atoms with Crippen molar-refractivity contribution in [2.24, 2.45) is 28.5 Å². The molecule has 3 atom stereocenters. The van der Waals surface area contributed by atoms with E-state index in [4.69, 9.17) is 5.73 Å². The smallest absolute Gasteiger partial charge is 0.121 e. The number of hydrogen-bond acceptors (Lipinski definition) is 4. The van der Waals surface area contributed by atoms with Gasteiger partial charge < -0.3 is 10.6 Å². The van der Waals surface area contributed by atoms with Crippen LogP contribution in [0.3, 0.4) is 0 Å². The van der Waals surface area contributed by atoms with Crippen LogP contribution >= 0.6 is 0 Å². The van der Waals surface area contributed by atoms with E-state index in [9.17, 15) is 0 Å². The molecule has 2 aliphatic carbocycles. The molecule has 194 valence electrons. The van der Waals surface area contributed by atoms with E-state index in [1.165, 1.54) is 17.6 Å². The van der Waals surface area contributed by atoms with Crippen molar-refractivity contribution >= 4 is 11.8 Å². The number of rotatable bonds is 11. The van der Waals surface area contributed by atoms with Gasteiger partial charge in [0.1, 0.15) is 5.82 Å². The predicted octanol–water partition coefficient (Wildman–Crippen LogP) is 6.90. The van der Waals surface area contributed by atoms with E-state index in [1.807, 2.05) is 37.9 Å². The lowest BCUT2D eigenvalue weighted by atomic mass is 9.91. The fourth-order valence-corrected chi connectivity index (χ4v) is 5.29. The highest BCUT2D eigenvalue weighted by Gasteiger charge is 2.45. The second kappa shape index (κ2) is 12.8. The van der Waals surface area contributed by atoms with Gasteiger partial charge >= 0.3 is 0 Å². The Morgan fingerprint density at radius 3 is 2.56 bits per heavy atom. The molecule has 2 fully saturated rings. The molecule has 3 unspecified atom stereocenters. The maximum absolute atomic E-state index is 6.02. The van der Waals surface area contributed by atoms with E-state index >= 15 is 0 Å². The lowest BCUT2D eigenvalue weighted by Gasteiger charge is -2.19. The number of allylic oxidation sites excluding steroid dienone is 7. The molecular formula is C31H45N5. The van der Waals surface area contributed by atoms with Crippen molar-refractivity contribution in [1.29, 1.82) is 0 Å². The van der Waals surface area contributed by atoms with E-state index in [1.54, 1.807) is 0 Å². The lowest BCUT2D eigenvalue weighted by molar-refractivity contribution is 0.380. The second-order valence-electron chi connectivity index (χ2n) is 9.96. The van der Waals surface area contributed by atoms with E-state index in [0.29, 0.717) is 18.2 Å². The van der Waals surface area contributed by atoms with Crippen LogP contribution in [0, 0.1) is 17.8 Å². The molecule has 1 aromatic rings. The van der Waals surface area contributed by atoms with Crippen LogP contribution in [-0.4, -0.2) is 34.0 Å². The Morgan fingerprint density at radius 2 is 1.92 bits per heavy atom. The monoisotopic (exact) mass is 487 g/mol. The third-order valence-electron chi connectivity index (χ3n) is 7.54. The highest BCUT2D eigenvalue weighted by molar-refractivity contribution is 5.79. The summed E-state index contributed by atoms with van der Waals surface area (Å²) in [6.07, 6.45) is 17.9. The first-order valence-corrected chi connectivity index (χ1v) is 13.5. The van der Waals surface area contributed by atoms with Gasteiger partial charge in [-0.15, -0.1) is 0 Å². The van der Waals surface area contributed by atoms with E-state index < -0.39 is 0 Å². The second-order valence-corrected chi connectivity index (χ2v) is 9.96.